The average molecular weight is 375 g/mol. The number of piperidine rings is 1. The van der Waals surface area contributed by atoms with E-state index in [9.17, 15) is 13.2 Å². The second-order valence-electron chi connectivity index (χ2n) is 6.17. The largest absolute Gasteiger partial charge is 0.439 e. The van der Waals surface area contributed by atoms with Crippen molar-refractivity contribution in [2.75, 3.05) is 18.1 Å². The van der Waals surface area contributed by atoms with Gasteiger partial charge in [0, 0.05) is 12.6 Å². The Labute approximate surface area is 153 Å². The minimum atomic E-state index is -3.42. The molecule has 26 heavy (non-hydrogen) atoms. The number of nitrogens with one attached hydrogen (secondary N) is 1. The summed E-state index contributed by atoms with van der Waals surface area (Å²) in [4.78, 5) is 16.7. The number of benzene rings is 1. The summed E-state index contributed by atoms with van der Waals surface area (Å²) in [6.07, 6.45) is 4.73. The van der Waals surface area contributed by atoms with Gasteiger partial charge in [0.05, 0.1) is 18.1 Å². The van der Waals surface area contributed by atoms with Gasteiger partial charge in [0.15, 0.2) is 0 Å². The van der Waals surface area contributed by atoms with Gasteiger partial charge in [0.1, 0.15) is 11.8 Å². The number of ether oxygens (including phenoxy) is 1. The number of aromatic nitrogens is 1. The summed E-state index contributed by atoms with van der Waals surface area (Å²) in [5, 5.41) is 2.74. The number of sulfonamides is 1. The van der Waals surface area contributed by atoms with E-state index >= 15 is 0 Å². The minimum absolute atomic E-state index is 0.339. The fraction of sp³-hybridized carbons (Fsp3) is 0.333. The van der Waals surface area contributed by atoms with Crippen molar-refractivity contribution in [3.05, 3.63) is 48.7 Å². The third-order valence-electron chi connectivity index (χ3n) is 4.15. The Hall–Kier alpha value is -2.45. The molecular formula is C18H21N3O4S. The first-order valence-electron chi connectivity index (χ1n) is 8.40. The van der Waals surface area contributed by atoms with Gasteiger partial charge in [0.25, 0.3) is 0 Å². The molecule has 2 heterocycles. The molecule has 1 fully saturated rings. The van der Waals surface area contributed by atoms with Crippen LogP contribution >= 0.6 is 0 Å². The monoisotopic (exact) mass is 375 g/mol. The number of para-hydroxylation sites is 1. The van der Waals surface area contributed by atoms with E-state index in [1.54, 1.807) is 12.1 Å². The first kappa shape index (κ1) is 18.3. The van der Waals surface area contributed by atoms with Crippen LogP contribution in [0.4, 0.5) is 5.69 Å². The third-order valence-corrected chi connectivity index (χ3v) is 5.44. The zero-order valence-corrected chi connectivity index (χ0v) is 15.3. The molecule has 1 saturated heterocycles. The topological polar surface area (TPSA) is 88.6 Å². The lowest BCUT2D eigenvalue weighted by Gasteiger charge is -2.32. The van der Waals surface area contributed by atoms with E-state index in [1.807, 2.05) is 30.3 Å². The van der Waals surface area contributed by atoms with Crippen molar-refractivity contribution in [2.24, 2.45) is 0 Å². The SMILES string of the molecule is CS(=O)(=O)N1CCCCC1C(=O)Nc1ccc(Oc2ccccc2)nc1. The molecule has 1 aliphatic heterocycles. The molecule has 1 aromatic carbocycles. The number of amides is 1. The lowest BCUT2D eigenvalue weighted by Crippen LogP contribution is -2.49. The Kier molecular flexibility index (Phi) is 5.53. The highest BCUT2D eigenvalue weighted by molar-refractivity contribution is 7.88. The molecule has 1 aliphatic rings. The van der Waals surface area contributed by atoms with Crippen LogP contribution < -0.4 is 10.1 Å². The Morgan fingerprint density at radius 2 is 1.96 bits per heavy atom. The number of hydrogen-bond donors (Lipinski definition) is 1. The van der Waals surface area contributed by atoms with Gasteiger partial charge in [-0.3, -0.25) is 4.79 Å². The normalized spacial score (nSPS) is 18.3. The Balaban J connectivity index is 1.65. The average Bonchev–Trinajstić information content (AvgIpc) is 2.63. The Morgan fingerprint density at radius 1 is 1.19 bits per heavy atom. The van der Waals surface area contributed by atoms with Crippen LogP contribution in [0.1, 0.15) is 19.3 Å². The van der Waals surface area contributed by atoms with E-state index in [0.717, 1.165) is 19.1 Å². The highest BCUT2D eigenvalue weighted by Gasteiger charge is 2.34. The molecule has 0 radical (unpaired) electrons. The van der Waals surface area contributed by atoms with E-state index in [-0.39, 0.29) is 5.91 Å². The van der Waals surface area contributed by atoms with Crippen LogP contribution in [0, 0.1) is 0 Å². The third kappa shape index (κ3) is 4.59. The van der Waals surface area contributed by atoms with Crippen molar-refractivity contribution >= 4 is 21.6 Å². The van der Waals surface area contributed by atoms with Crippen LogP contribution in [0.15, 0.2) is 48.7 Å². The maximum atomic E-state index is 12.5. The summed E-state index contributed by atoms with van der Waals surface area (Å²) < 4.78 is 30.7. The number of pyridine rings is 1. The van der Waals surface area contributed by atoms with Crippen molar-refractivity contribution in [1.29, 1.82) is 0 Å². The number of carbonyl (C=O) groups excluding carboxylic acids is 1. The van der Waals surface area contributed by atoms with E-state index < -0.39 is 16.1 Å². The molecule has 8 heteroatoms. The molecule has 1 N–H and O–H groups in total. The second-order valence-corrected chi connectivity index (χ2v) is 8.11. The summed E-state index contributed by atoms with van der Waals surface area (Å²) in [5.41, 5.74) is 0.495. The molecule has 0 spiro atoms. The quantitative estimate of drug-likeness (QED) is 0.868. The maximum absolute atomic E-state index is 12.5. The van der Waals surface area contributed by atoms with Crippen LogP contribution in [-0.4, -0.2) is 42.5 Å². The lowest BCUT2D eigenvalue weighted by molar-refractivity contribution is -0.120. The number of rotatable bonds is 5. The van der Waals surface area contributed by atoms with Gasteiger partial charge in [-0.05, 0) is 31.0 Å². The lowest BCUT2D eigenvalue weighted by atomic mass is 10.0. The summed E-state index contributed by atoms with van der Waals surface area (Å²) in [7, 11) is -3.42. The molecule has 0 aliphatic carbocycles. The van der Waals surface area contributed by atoms with E-state index in [4.69, 9.17) is 4.74 Å². The van der Waals surface area contributed by atoms with Crippen LogP contribution in [0.25, 0.3) is 0 Å². The molecule has 0 saturated carbocycles. The fourth-order valence-corrected chi connectivity index (χ4v) is 4.04. The molecule has 1 aromatic heterocycles. The molecule has 1 atom stereocenters. The van der Waals surface area contributed by atoms with Gasteiger partial charge < -0.3 is 10.1 Å². The standard InChI is InChI=1S/C18H21N3O4S/c1-26(23,24)21-12-6-5-9-16(21)18(22)20-14-10-11-17(19-13-14)25-15-7-3-2-4-8-15/h2-4,7-8,10-11,13,16H,5-6,9,12H2,1H3,(H,20,22). The Bertz CT molecular complexity index is 854. The van der Waals surface area contributed by atoms with Crippen molar-refractivity contribution < 1.29 is 17.9 Å². The molecular weight excluding hydrogens is 354 g/mol. The molecule has 1 amide bonds. The van der Waals surface area contributed by atoms with Gasteiger partial charge in [-0.25, -0.2) is 13.4 Å². The molecule has 0 bridgehead atoms. The van der Waals surface area contributed by atoms with Crippen LogP contribution in [0.2, 0.25) is 0 Å². The fourth-order valence-electron chi connectivity index (χ4n) is 2.91. The van der Waals surface area contributed by atoms with E-state index in [0.29, 0.717) is 30.3 Å². The van der Waals surface area contributed by atoms with E-state index in [1.165, 1.54) is 10.5 Å². The van der Waals surface area contributed by atoms with Crippen molar-refractivity contribution in [3.63, 3.8) is 0 Å². The van der Waals surface area contributed by atoms with Gasteiger partial charge in [-0.1, -0.05) is 24.6 Å². The van der Waals surface area contributed by atoms with Crippen molar-refractivity contribution in [1.82, 2.24) is 9.29 Å². The molecule has 7 nitrogen and oxygen atoms in total. The van der Waals surface area contributed by atoms with Crippen LogP contribution in [0.3, 0.4) is 0 Å². The minimum Gasteiger partial charge on any atom is -0.439 e. The van der Waals surface area contributed by atoms with Crippen LogP contribution in [-0.2, 0) is 14.8 Å². The van der Waals surface area contributed by atoms with Crippen LogP contribution in [0.5, 0.6) is 11.6 Å². The van der Waals surface area contributed by atoms with E-state index in [2.05, 4.69) is 10.3 Å². The van der Waals surface area contributed by atoms with Gasteiger partial charge >= 0.3 is 0 Å². The second kappa shape index (κ2) is 7.84. The molecule has 138 valence electrons. The van der Waals surface area contributed by atoms with Gasteiger partial charge in [0.2, 0.25) is 21.8 Å². The molecule has 1 unspecified atom stereocenters. The molecule has 3 rings (SSSR count). The zero-order chi connectivity index (χ0) is 18.6. The van der Waals surface area contributed by atoms with Crippen molar-refractivity contribution in [3.8, 4) is 11.6 Å². The number of anilines is 1. The molecule has 2 aromatic rings. The smallest absolute Gasteiger partial charge is 0.242 e. The highest BCUT2D eigenvalue weighted by Crippen LogP contribution is 2.23. The predicted molar refractivity (Wildman–Crippen MR) is 98.6 cm³/mol. The summed E-state index contributed by atoms with van der Waals surface area (Å²) >= 11 is 0. The number of nitrogens with zero attached hydrogens (tertiary/aromatic N) is 2. The summed E-state index contributed by atoms with van der Waals surface area (Å²) in [6, 6.07) is 11.9. The summed E-state index contributed by atoms with van der Waals surface area (Å²) in [6.45, 7) is 0.374. The number of hydrogen-bond acceptors (Lipinski definition) is 5. The van der Waals surface area contributed by atoms with Crippen molar-refractivity contribution in [2.45, 2.75) is 25.3 Å². The first-order valence-corrected chi connectivity index (χ1v) is 10.2. The first-order chi connectivity index (χ1) is 12.4. The Morgan fingerprint density at radius 3 is 2.62 bits per heavy atom. The van der Waals surface area contributed by atoms with Gasteiger partial charge in [-0.2, -0.15) is 4.31 Å². The highest BCUT2D eigenvalue weighted by atomic mass is 32.2. The number of carbonyl (C=O) groups is 1. The summed E-state index contributed by atoms with van der Waals surface area (Å²) in [5.74, 6) is 0.737. The predicted octanol–water partition coefficient (Wildman–Crippen LogP) is 2.63. The maximum Gasteiger partial charge on any atom is 0.242 e. The van der Waals surface area contributed by atoms with Gasteiger partial charge in [-0.15, -0.1) is 0 Å². The zero-order valence-electron chi connectivity index (χ0n) is 14.5.